The Hall–Kier alpha value is -0.940. The van der Waals surface area contributed by atoms with Crippen LogP contribution in [0.5, 0.6) is 0 Å². The maximum atomic E-state index is 10.5. The molecular weight excluding hydrogens is 160 g/mol. The van der Waals surface area contributed by atoms with Gasteiger partial charge >= 0.3 is 5.97 Å². The standard InChI is InChI=1S/C7H14N2O3/c1-5(10)3-4-6(7(11)12)9-8-2/h6,8-9H,3-4H2,1-2H3,(H,11,12). The Balaban J connectivity index is 3.79. The summed E-state index contributed by atoms with van der Waals surface area (Å²) in [6, 6.07) is -0.695. The highest BCUT2D eigenvalue weighted by molar-refractivity contribution is 5.78. The van der Waals surface area contributed by atoms with E-state index in [1.807, 2.05) is 0 Å². The van der Waals surface area contributed by atoms with Gasteiger partial charge in [-0.1, -0.05) is 0 Å². The molecule has 0 aromatic carbocycles. The summed E-state index contributed by atoms with van der Waals surface area (Å²) in [5.74, 6) is -0.954. The van der Waals surface area contributed by atoms with Crippen molar-refractivity contribution in [1.29, 1.82) is 0 Å². The fourth-order valence-electron chi connectivity index (χ4n) is 0.779. The van der Waals surface area contributed by atoms with Gasteiger partial charge in [-0.3, -0.25) is 10.2 Å². The molecule has 0 saturated carbocycles. The minimum absolute atomic E-state index is 0.000784. The number of nitrogens with one attached hydrogen (secondary N) is 2. The van der Waals surface area contributed by atoms with Gasteiger partial charge < -0.3 is 9.90 Å². The van der Waals surface area contributed by atoms with Gasteiger partial charge in [-0.05, 0) is 20.4 Å². The van der Waals surface area contributed by atoms with E-state index >= 15 is 0 Å². The molecule has 0 aromatic heterocycles. The number of carbonyl (C=O) groups excluding carboxylic acids is 1. The van der Waals surface area contributed by atoms with Gasteiger partial charge in [-0.25, -0.2) is 5.43 Å². The quantitative estimate of drug-likeness (QED) is 0.474. The molecule has 0 aliphatic carbocycles. The molecular formula is C7H14N2O3. The van der Waals surface area contributed by atoms with Crippen LogP contribution in [0.3, 0.4) is 0 Å². The van der Waals surface area contributed by atoms with Gasteiger partial charge in [0.15, 0.2) is 0 Å². The number of Topliss-reactive ketones (excluding diaryl/α,β-unsaturated/α-hetero) is 1. The number of hydrazine groups is 1. The largest absolute Gasteiger partial charge is 0.480 e. The maximum absolute atomic E-state index is 10.5. The van der Waals surface area contributed by atoms with E-state index < -0.39 is 12.0 Å². The van der Waals surface area contributed by atoms with Gasteiger partial charge in [0.1, 0.15) is 11.8 Å². The molecule has 0 saturated heterocycles. The molecule has 5 nitrogen and oxygen atoms in total. The molecule has 0 amide bonds. The first-order valence-corrected chi connectivity index (χ1v) is 3.72. The molecule has 0 rings (SSSR count). The summed E-state index contributed by atoms with van der Waals surface area (Å²) in [4.78, 5) is 21.0. The normalized spacial score (nSPS) is 12.5. The van der Waals surface area contributed by atoms with Crippen molar-refractivity contribution in [1.82, 2.24) is 10.9 Å². The van der Waals surface area contributed by atoms with Crippen molar-refractivity contribution in [2.45, 2.75) is 25.8 Å². The number of ketones is 1. The first-order valence-electron chi connectivity index (χ1n) is 3.72. The van der Waals surface area contributed by atoms with E-state index in [0.29, 0.717) is 6.42 Å². The van der Waals surface area contributed by atoms with Crippen LogP contribution < -0.4 is 10.9 Å². The number of carboxylic acid groups (broad SMARTS) is 1. The number of carboxylic acids is 1. The molecule has 5 heteroatoms. The smallest absolute Gasteiger partial charge is 0.322 e. The zero-order chi connectivity index (χ0) is 9.56. The molecule has 0 spiro atoms. The van der Waals surface area contributed by atoms with Crippen LogP contribution in [0.2, 0.25) is 0 Å². The van der Waals surface area contributed by atoms with Crippen molar-refractivity contribution in [3.8, 4) is 0 Å². The number of aliphatic carboxylic acids is 1. The van der Waals surface area contributed by atoms with Gasteiger partial charge in [0, 0.05) is 6.42 Å². The molecule has 0 heterocycles. The second-order valence-corrected chi connectivity index (χ2v) is 2.53. The summed E-state index contributed by atoms with van der Waals surface area (Å²) in [7, 11) is 1.59. The molecule has 3 N–H and O–H groups in total. The summed E-state index contributed by atoms with van der Waals surface area (Å²) in [6.07, 6.45) is 0.594. The lowest BCUT2D eigenvalue weighted by molar-refractivity contribution is -0.140. The Morgan fingerprint density at radius 2 is 2.08 bits per heavy atom. The number of carbonyl (C=O) groups is 2. The predicted octanol–water partition coefficient (Wildman–Crippen LogP) is -0.467. The van der Waals surface area contributed by atoms with Crippen LogP contribution in [-0.2, 0) is 9.59 Å². The fraction of sp³-hybridized carbons (Fsp3) is 0.714. The van der Waals surface area contributed by atoms with Crippen LogP contribution in [0, 0.1) is 0 Å². The predicted molar refractivity (Wildman–Crippen MR) is 43.5 cm³/mol. The molecule has 0 radical (unpaired) electrons. The topological polar surface area (TPSA) is 78.4 Å². The third-order valence-electron chi connectivity index (χ3n) is 1.40. The van der Waals surface area contributed by atoms with E-state index in [4.69, 9.17) is 5.11 Å². The zero-order valence-electron chi connectivity index (χ0n) is 7.26. The number of hydrogen-bond donors (Lipinski definition) is 3. The summed E-state index contributed by atoms with van der Waals surface area (Å²) in [5.41, 5.74) is 5.07. The lowest BCUT2D eigenvalue weighted by atomic mass is 10.1. The maximum Gasteiger partial charge on any atom is 0.322 e. The van der Waals surface area contributed by atoms with Gasteiger partial charge in [0.25, 0.3) is 0 Å². The van der Waals surface area contributed by atoms with E-state index in [1.165, 1.54) is 6.92 Å². The van der Waals surface area contributed by atoms with Gasteiger partial charge in [0.05, 0.1) is 0 Å². The van der Waals surface area contributed by atoms with Crippen LogP contribution in [0.15, 0.2) is 0 Å². The zero-order valence-corrected chi connectivity index (χ0v) is 7.26. The molecule has 1 atom stereocenters. The number of rotatable bonds is 6. The first kappa shape index (κ1) is 11.1. The molecule has 0 aliphatic rings. The average molecular weight is 174 g/mol. The Morgan fingerprint density at radius 1 is 1.50 bits per heavy atom. The molecule has 0 bridgehead atoms. The molecule has 70 valence electrons. The van der Waals surface area contributed by atoms with Crippen molar-refractivity contribution >= 4 is 11.8 Å². The number of hydrogen-bond acceptors (Lipinski definition) is 4. The van der Waals surface area contributed by atoms with E-state index in [-0.39, 0.29) is 12.2 Å². The van der Waals surface area contributed by atoms with Gasteiger partial charge in [-0.2, -0.15) is 0 Å². The highest BCUT2D eigenvalue weighted by Gasteiger charge is 2.15. The highest BCUT2D eigenvalue weighted by atomic mass is 16.4. The first-order chi connectivity index (χ1) is 5.57. The van der Waals surface area contributed by atoms with Gasteiger partial charge in [-0.15, -0.1) is 0 Å². The molecule has 1 unspecified atom stereocenters. The van der Waals surface area contributed by atoms with Crippen molar-refractivity contribution < 1.29 is 14.7 Å². The van der Waals surface area contributed by atoms with Crippen LogP contribution in [0.1, 0.15) is 19.8 Å². The second-order valence-electron chi connectivity index (χ2n) is 2.53. The lowest BCUT2D eigenvalue weighted by Gasteiger charge is -2.11. The average Bonchev–Trinajstić information content (AvgIpc) is 1.96. The SMILES string of the molecule is CNNC(CCC(C)=O)C(=O)O. The highest BCUT2D eigenvalue weighted by Crippen LogP contribution is 1.97. The lowest BCUT2D eigenvalue weighted by Crippen LogP contribution is -2.43. The van der Waals surface area contributed by atoms with Crippen molar-refractivity contribution in [3.05, 3.63) is 0 Å². The van der Waals surface area contributed by atoms with Crippen LogP contribution in [0.25, 0.3) is 0 Å². The van der Waals surface area contributed by atoms with E-state index in [2.05, 4.69) is 10.9 Å². The van der Waals surface area contributed by atoms with E-state index in [1.54, 1.807) is 7.05 Å². The van der Waals surface area contributed by atoms with Crippen LogP contribution >= 0.6 is 0 Å². The van der Waals surface area contributed by atoms with E-state index in [0.717, 1.165) is 0 Å². The summed E-state index contributed by atoms with van der Waals surface area (Å²) in [6.45, 7) is 1.44. The molecule has 12 heavy (non-hydrogen) atoms. The minimum atomic E-state index is -0.953. The van der Waals surface area contributed by atoms with Crippen molar-refractivity contribution in [3.63, 3.8) is 0 Å². The second kappa shape index (κ2) is 5.68. The monoisotopic (exact) mass is 174 g/mol. The van der Waals surface area contributed by atoms with Crippen LogP contribution in [0.4, 0.5) is 0 Å². The third kappa shape index (κ3) is 4.81. The summed E-state index contributed by atoms with van der Waals surface area (Å²) >= 11 is 0. The van der Waals surface area contributed by atoms with E-state index in [9.17, 15) is 9.59 Å². The van der Waals surface area contributed by atoms with Gasteiger partial charge in [0.2, 0.25) is 0 Å². The van der Waals surface area contributed by atoms with Crippen molar-refractivity contribution in [2.24, 2.45) is 0 Å². The fourth-order valence-corrected chi connectivity index (χ4v) is 0.779. The molecule has 0 fully saturated rings. The Kier molecular flexibility index (Phi) is 5.23. The van der Waals surface area contributed by atoms with Crippen molar-refractivity contribution in [2.75, 3.05) is 7.05 Å². The van der Waals surface area contributed by atoms with Crippen LogP contribution in [-0.4, -0.2) is 29.9 Å². The third-order valence-corrected chi connectivity index (χ3v) is 1.40. The Morgan fingerprint density at radius 3 is 2.42 bits per heavy atom. The molecule has 0 aromatic rings. The Labute approximate surface area is 71.1 Å². The Bertz CT molecular complexity index is 170. The summed E-state index contributed by atoms with van der Waals surface area (Å²) in [5, 5.41) is 8.60. The minimum Gasteiger partial charge on any atom is -0.480 e. The molecule has 0 aliphatic heterocycles. The summed E-state index contributed by atoms with van der Waals surface area (Å²) < 4.78 is 0.